The van der Waals surface area contributed by atoms with Crippen LogP contribution in [0.4, 0.5) is 0 Å². The van der Waals surface area contributed by atoms with Crippen LogP contribution in [0.15, 0.2) is 0 Å². The number of rotatable bonds is 0. The summed E-state index contributed by atoms with van der Waals surface area (Å²) in [6, 6.07) is 0. The summed E-state index contributed by atoms with van der Waals surface area (Å²) in [6.45, 7) is 0. The molecule has 5 radical (unpaired) electrons. The average molecular weight is 322 g/mol. The molecular weight excluding hydrogens is 321 g/mol. The van der Waals surface area contributed by atoms with Gasteiger partial charge in [0.1, 0.15) is 0 Å². The maximum absolute atomic E-state index is 8.46. The van der Waals surface area contributed by atoms with Gasteiger partial charge in [-0.15, -0.1) is 0 Å². The van der Waals surface area contributed by atoms with Gasteiger partial charge >= 0.3 is 50.0 Å². The van der Waals surface area contributed by atoms with Crippen molar-refractivity contribution in [2.45, 2.75) is 0 Å². The molecule has 0 aliphatic heterocycles. The first-order valence-electron chi connectivity index (χ1n) is 0.638. The van der Waals surface area contributed by atoms with Crippen molar-refractivity contribution in [2.75, 3.05) is 0 Å². The van der Waals surface area contributed by atoms with E-state index >= 15 is 0 Å². The van der Waals surface area contributed by atoms with Crippen LogP contribution in [-0.4, -0.2) is 43.0 Å². The van der Waals surface area contributed by atoms with Crippen molar-refractivity contribution in [3.05, 3.63) is 0 Å². The molecule has 0 aliphatic carbocycles. The van der Waals surface area contributed by atoms with Crippen LogP contribution in [-0.2, 0) is 49.3 Å². The summed E-state index contributed by atoms with van der Waals surface area (Å²) in [4.78, 5) is 0. The van der Waals surface area contributed by atoms with Gasteiger partial charge in [0.25, 0.3) is 0 Å². The Morgan fingerprint density at radius 1 is 1.25 bits per heavy atom. The minimum Gasteiger partial charge on any atom is 0 e. The molecule has 0 aromatic rings. The quantitative estimate of drug-likeness (QED) is 0.344. The van der Waals surface area contributed by atoms with Gasteiger partial charge in [0.2, 0.25) is 0 Å². The first-order chi connectivity index (χ1) is 2.41. The normalized spacial score (nSPS) is 2.50. The first kappa shape index (κ1) is 32.1. The Labute approximate surface area is 91.4 Å². The van der Waals surface area contributed by atoms with Crippen molar-refractivity contribution in [3.63, 3.8) is 0 Å². The van der Waals surface area contributed by atoms with E-state index in [4.69, 9.17) is 8.80 Å². The van der Waals surface area contributed by atoms with E-state index in [1.165, 1.54) is 0 Å². The van der Waals surface area contributed by atoms with Crippen LogP contribution in [0.3, 0.4) is 0 Å². The van der Waals surface area contributed by atoms with Gasteiger partial charge in [-0.25, -0.2) is 0 Å². The molecule has 0 heterocycles. The zero-order valence-corrected chi connectivity index (χ0v) is 13.0. The van der Waals surface area contributed by atoms with E-state index in [9.17, 15) is 0 Å². The zero-order chi connectivity index (χ0) is 4.71. The standard InChI is InChI=1S/Cr.2Ga.O2.HO.O.Zn/c;;;1-2;;;/h;;;;1H;;/q;;+1;-1;;;. The Kier molecular flexibility index (Phi) is 249. The second-order valence-corrected chi connectivity index (χ2v) is 0.500. The Balaban J connectivity index is -0.00000000567. The minimum atomic E-state index is 0. The van der Waals surface area contributed by atoms with Gasteiger partial charge in [-0.1, -0.05) is 0 Å². The van der Waals surface area contributed by atoms with Crippen LogP contribution in [0.25, 0.3) is 0 Å². The third-order valence-corrected chi connectivity index (χ3v) is 0. The van der Waals surface area contributed by atoms with Crippen molar-refractivity contribution in [1.29, 1.82) is 0 Å². The van der Waals surface area contributed by atoms with E-state index in [0.29, 0.717) is 18.6 Å². The SMILES string of the molecule is [Cr].[OH].[O]=[Ga].[O][O][Ga].[Zn]. The Bertz CT molecular complexity index is 18.0. The smallest absolute Gasteiger partial charge is 0 e. The second-order valence-electron chi connectivity index (χ2n) is 0.0962. The molecule has 0 saturated carbocycles. The molecule has 0 atom stereocenters. The van der Waals surface area contributed by atoms with Gasteiger partial charge in [-0.2, -0.15) is 0 Å². The largest absolute Gasteiger partial charge is 0 e. The molecule has 0 amide bonds. The van der Waals surface area contributed by atoms with E-state index < -0.39 is 0 Å². The van der Waals surface area contributed by atoms with Crippen LogP contribution in [0, 0.1) is 0 Å². The summed E-state index contributed by atoms with van der Waals surface area (Å²) in [5.41, 5.74) is 0. The molecule has 0 fully saturated rings. The summed E-state index contributed by atoms with van der Waals surface area (Å²) < 4.78 is 11.4. The predicted octanol–water partition coefficient (Wildman–Crippen LogP) is -1.25. The predicted molar refractivity (Wildman–Crippen MR) is 15.9 cm³/mol. The van der Waals surface area contributed by atoms with Crippen molar-refractivity contribution in [3.8, 4) is 0 Å². The van der Waals surface area contributed by atoms with Crippen LogP contribution < -0.4 is 0 Å². The molecule has 1 N–H and O–H groups in total. The summed E-state index contributed by atoms with van der Waals surface area (Å²) in [5.74, 6) is 0. The fourth-order valence-corrected chi connectivity index (χ4v) is 0. The molecule has 0 bridgehead atoms. The van der Waals surface area contributed by atoms with Crippen LogP contribution in [0.2, 0.25) is 0 Å². The molecular formula is HCrGa2O4Zn. The van der Waals surface area contributed by atoms with Gasteiger partial charge in [0.05, 0.1) is 0 Å². The Morgan fingerprint density at radius 2 is 1.25 bits per heavy atom. The van der Waals surface area contributed by atoms with Gasteiger partial charge in [-0.05, 0) is 0 Å². The molecule has 39 valence electrons. The summed E-state index contributed by atoms with van der Waals surface area (Å²) >= 11 is 1.17. The average Bonchev–Trinajstić information content (AvgIpc) is 1.46. The van der Waals surface area contributed by atoms with Crippen LogP contribution in [0.1, 0.15) is 0 Å². The second kappa shape index (κ2) is 62.0. The van der Waals surface area contributed by atoms with E-state index in [1.54, 1.807) is 0 Å². The maximum Gasteiger partial charge on any atom is 0 e. The zero-order valence-electron chi connectivity index (χ0n) is 3.94. The van der Waals surface area contributed by atoms with E-state index in [0.717, 1.165) is 19.0 Å². The van der Waals surface area contributed by atoms with Gasteiger partial charge in [0.15, 0.2) is 0 Å². The Morgan fingerprint density at radius 3 is 1.25 bits per heavy atom. The molecule has 4 nitrogen and oxygen atoms in total. The molecule has 0 aromatic carbocycles. The van der Waals surface area contributed by atoms with Crippen LogP contribution in [0.5, 0.6) is 0 Å². The topological polar surface area (TPSA) is 76.2 Å². The molecule has 8 heteroatoms. The molecule has 0 unspecified atom stereocenters. The van der Waals surface area contributed by atoms with Crippen molar-refractivity contribution >= 4 is 37.5 Å². The summed E-state index contributed by atoms with van der Waals surface area (Å²) in [5, 5.41) is 8.46. The maximum atomic E-state index is 8.46. The summed E-state index contributed by atoms with van der Waals surface area (Å²) in [6.07, 6.45) is 0. The van der Waals surface area contributed by atoms with Crippen molar-refractivity contribution < 1.29 is 54.8 Å². The third-order valence-electron chi connectivity index (χ3n) is 0. The minimum absolute atomic E-state index is 0. The van der Waals surface area contributed by atoms with Gasteiger partial charge < -0.3 is 0 Å². The van der Waals surface area contributed by atoms with Gasteiger partial charge in [-0.3, -0.25) is 5.48 Å². The number of hydrogen-bond acceptors (Lipinski definition) is 2. The Hall–Kier alpha value is 2.11. The molecule has 0 spiro atoms. The molecule has 0 aliphatic rings. The molecule has 0 saturated heterocycles. The summed E-state index contributed by atoms with van der Waals surface area (Å²) in [7, 11) is 0. The fraction of sp³-hybridized carbons (Fsp3) is 0. The van der Waals surface area contributed by atoms with Crippen molar-refractivity contribution in [1.82, 2.24) is 0 Å². The third kappa shape index (κ3) is 92.2. The van der Waals surface area contributed by atoms with E-state index in [2.05, 4.69) is 3.68 Å². The van der Waals surface area contributed by atoms with E-state index in [1.807, 2.05) is 0 Å². The molecule has 0 rings (SSSR count). The van der Waals surface area contributed by atoms with E-state index in [-0.39, 0.29) is 42.3 Å². The van der Waals surface area contributed by atoms with Crippen molar-refractivity contribution in [2.24, 2.45) is 0 Å². The first-order valence-corrected chi connectivity index (χ1v) is 2.62. The number of hydrogen-bond donors (Lipinski definition) is 1. The van der Waals surface area contributed by atoms with Gasteiger partial charge in [0, 0.05) is 36.8 Å². The van der Waals surface area contributed by atoms with Crippen LogP contribution >= 0.6 is 0 Å². The molecule has 8 heavy (non-hydrogen) atoms. The monoisotopic (exact) mass is 319 g/mol. The molecule has 0 aromatic heterocycles. The fourth-order valence-electron chi connectivity index (χ4n) is 0.